The first-order valence-electron chi connectivity index (χ1n) is 18.6. The molecule has 3 unspecified atom stereocenters. The van der Waals surface area contributed by atoms with Crippen LogP contribution in [0.1, 0.15) is 77.6 Å². The van der Waals surface area contributed by atoms with Crippen molar-refractivity contribution in [2.75, 3.05) is 33.1 Å². The smallest absolute Gasteiger partial charge is 0.404 e. The molecule has 54 heavy (non-hydrogen) atoms. The Morgan fingerprint density at radius 1 is 1.07 bits per heavy atom. The lowest BCUT2D eigenvalue weighted by Crippen LogP contribution is -2.50. The number of carboxylic acid groups (broad SMARTS) is 1. The molecule has 5 rings (SSSR count). The SMILES string of the molecule is CNc1nc(-c2cc(O[C@@H]3CC(C(=O)NC(C(=O)O)C(C)/C=C\CCCCCCC=O)N(C)C3)c3ccc(OC)cc3n2)cs1.NC(=O)OC1CCCC1. The van der Waals surface area contributed by atoms with Crippen molar-refractivity contribution < 1.29 is 38.5 Å². The Kier molecular flexibility index (Phi) is 16.5. The minimum atomic E-state index is -1.07. The molecule has 2 amide bonds. The van der Waals surface area contributed by atoms with Crippen molar-refractivity contribution in [2.45, 2.75) is 102 Å². The van der Waals surface area contributed by atoms with Crippen LogP contribution in [0.3, 0.4) is 0 Å². The number of pyridine rings is 1. The Bertz CT molecular complexity index is 1730. The summed E-state index contributed by atoms with van der Waals surface area (Å²) in [4.78, 5) is 57.4. The third kappa shape index (κ3) is 12.4. The van der Waals surface area contributed by atoms with Gasteiger partial charge in [0.25, 0.3) is 0 Å². The summed E-state index contributed by atoms with van der Waals surface area (Å²) in [5.74, 6) is -0.487. The minimum Gasteiger partial charge on any atom is -0.497 e. The fourth-order valence-corrected chi connectivity index (χ4v) is 7.33. The molecule has 5 N–H and O–H groups in total. The summed E-state index contributed by atoms with van der Waals surface area (Å²) < 4.78 is 16.7. The molecular formula is C39H54N6O8S. The number of carbonyl (C=O) groups excluding carboxylic acids is 3. The summed E-state index contributed by atoms with van der Waals surface area (Å²) in [7, 11) is 5.27. The molecule has 1 aliphatic carbocycles. The van der Waals surface area contributed by atoms with Crippen LogP contribution in [0.25, 0.3) is 22.3 Å². The van der Waals surface area contributed by atoms with E-state index in [0.29, 0.717) is 42.1 Å². The number of aliphatic carboxylic acids is 1. The molecule has 2 aromatic heterocycles. The van der Waals surface area contributed by atoms with Gasteiger partial charge < -0.3 is 40.5 Å². The number of amides is 2. The van der Waals surface area contributed by atoms with Crippen molar-refractivity contribution in [3.63, 3.8) is 0 Å². The van der Waals surface area contributed by atoms with Gasteiger partial charge in [-0.05, 0) is 64.1 Å². The topological polar surface area (TPSA) is 195 Å². The first kappa shape index (κ1) is 42.0. The van der Waals surface area contributed by atoms with Crippen LogP contribution in [-0.2, 0) is 19.1 Å². The Morgan fingerprint density at radius 2 is 1.81 bits per heavy atom. The first-order chi connectivity index (χ1) is 26.0. The maximum Gasteiger partial charge on any atom is 0.404 e. The third-order valence-electron chi connectivity index (χ3n) is 9.62. The molecule has 1 aliphatic heterocycles. The Morgan fingerprint density at radius 3 is 2.46 bits per heavy atom. The molecule has 2 fully saturated rings. The van der Waals surface area contributed by atoms with Crippen molar-refractivity contribution in [1.82, 2.24) is 20.2 Å². The van der Waals surface area contributed by atoms with Gasteiger partial charge in [0.1, 0.15) is 41.7 Å². The Hall–Kier alpha value is -4.76. The minimum absolute atomic E-state index is 0.113. The van der Waals surface area contributed by atoms with Crippen LogP contribution in [0.15, 0.2) is 41.8 Å². The molecule has 0 bridgehead atoms. The fraction of sp³-hybridized carbons (Fsp3) is 0.538. The zero-order chi connectivity index (χ0) is 39.0. The van der Waals surface area contributed by atoms with Gasteiger partial charge in [0.05, 0.1) is 24.4 Å². The van der Waals surface area contributed by atoms with Gasteiger partial charge in [0, 0.05) is 55.3 Å². The van der Waals surface area contributed by atoms with Crippen LogP contribution in [0.5, 0.6) is 11.5 Å². The summed E-state index contributed by atoms with van der Waals surface area (Å²) in [6.45, 7) is 2.29. The van der Waals surface area contributed by atoms with Crippen molar-refractivity contribution in [3.8, 4) is 22.9 Å². The Balaban J connectivity index is 0.000000631. The van der Waals surface area contributed by atoms with Crippen molar-refractivity contribution in [2.24, 2.45) is 11.7 Å². The second kappa shape index (κ2) is 21.2. The highest BCUT2D eigenvalue weighted by Gasteiger charge is 2.38. The number of hydrogen-bond donors (Lipinski definition) is 4. The summed E-state index contributed by atoms with van der Waals surface area (Å²) in [5, 5.41) is 19.3. The number of allylic oxidation sites excluding steroid dienone is 1. The predicted octanol–water partition coefficient (Wildman–Crippen LogP) is 6.19. The van der Waals surface area contributed by atoms with E-state index in [1.807, 2.05) is 60.8 Å². The number of carbonyl (C=O) groups is 4. The number of nitrogens with one attached hydrogen (secondary N) is 2. The van der Waals surface area contributed by atoms with E-state index in [9.17, 15) is 24.3 Å². The molecule has 4 atom stereocenters. The highest BCUT2D eigenvalue weighted by Crippen LogP contribution is 2.35. The molecule has 3 aromatic rings. The number of likely N-dealkylation sites (tertiary alicyclic amines) is 1. The van der Waals surface area contributed by atoms with Crippen LogP contribution >= 0.6 is 11.3 Å². The number of carboxylic acids is 1. The number of benzene rings is 1. The first-order valence-corrected chi connectivity index (χ1v) is 19.5. The zero-order valence-corrected chi connectivity index (χ0v) is 32.4. The number of nitrogens with two attached hydrogens (primary N) is 1. The average Bonchev–Trinajstić information content (AvgIpc) is 3.93. The van der Waals surface area contributed by atoms with Gasteiger partial charge >= 0.3 is 12.1 Å². The van der Waals surface area contributed by atoms with Crippen molar-refractivity contribution in [3.05, 3.63) is 41.8 Å². The molecule has 14 nitrogen and oxygen atoms in total. The number of hydrogen-bond acceptors (Lipinski definition) is 12. The monoisotopic (exact) mass is 766 g/mol. The van der Waals surface area contributed by atoms with Gasteiger partial charge in [0.15, 0.2) is 5.13 Å². The van der Waals surface area contributed by atoms with Gasteiger partial charge in [-0.25, -0.2) is 19.6 Å². The summed E-state index contributed by atoms with van der Waals surface area (Å²) in [6.07, 6.45) is 14.0. The molecule has 0 radical (unpaired) electrons. The number of nitrogens with zero attached hydrogens (tertiary/aromatic N) is 3. The normalized spacial score (nSPS) is 18.4. The zero-order valence-electron chi connectivity index (χ0n) is 31.6. The summed E-state index contributed by atoms with van der Waals surface area (Å²) in [5.41, 5.74) is 6.89. The molecule has 1 saturated heterocycles. The number of aldehydes is 1. The lowest BCUT2D eigenvalue weighted by Gasteiger charge is -2.23. The van der Waals surface area contributed by atoms with E-state index < -0.39 is 24.1 Å². The number of primary amides is 1. The number of likely N-dealkylation sites (N-methyl/N-ethyl adjacent to an activating group) is 1. The van der Waals surface area contributed by atoms with E-state index in [1.54, 1.807) is 14.0 Å². The van der Waals surface area contributed by atoms with Crippen LogP contribution in [-0.4, -0.2) is 96.3 Å². The van der Waals surface area contributed by atoms with Gasteiger partial charge in [-0.3, -0.25) is 9.69 Å². The van der Waals surface area contributed by atoms with Gasteiger partial charge in [-0.1, -0.05) is 31.9 Å². The number of unbranched alkanes of at least 4 members (excludes halogenated alkanes) is 5. The number of thiazole rings is 1. The van der Waals surface area contributed by atoms with Crippen LogP contribution in [0.2, 0.25) is 0 Å². The molecule has 1 aromatic carbocycles. The van der Waals surface area contributed by atoms with E-state index in [4.69, 9.17) is 24.9 Å². The molecule has 294 valence electrons. The van der Waals surface area contributed by atoms with Crippen molar-refractivity contribution in [1.29, 1.82) is 0 Å². The Labute approximate surface area is 320 Å². The molecule has 1 saturated carbocycles. The largest absolute Gasteiger partial charge is 0.497 e. The lowest BCUT2D eigenvalue weighted by atomic mass is 9.99. The molecule has 2 aliphatic rings. The summed E-state index contributed by atoms with van der Waals surface area (Å²) in [6, 6.07) is 5.90. The maximum absolute atomic E-state index is 13.4. The second-order valence-corrected chi connectivity index (χ2v) is 14.6. The number of methoxy groups -OCH3 is 1. The number of anilines is 1. The van der Waals surface area contributed by atoms with Crippen LogP contribution in [0, 0.1) is 5.92 Å². The molecule has 15 heteroatoms. The highest BCUT2D eigenvalue weighted by atomic mass is 32.1. The third-order valence-corrected chi connectivity index (χ3v) is 10.5. The van der Waals surface area contributed by atoms with E-state index in [1.165, 1.54) is 11.3 Å². The number of rotatable bonds is 18. The average molecular weight is 767 g/mol. The number of aromatic nitrogens is 2. The predicted molar refractivity (Wildman–Crippen MR) is 209 cm³/mol. The lowest BCUT2D eigenvalue weighted by molar-refractivity contribution is -0.143. The number of fused-ring (bicyclic) bond motifs is 1. The second-order valence-electron chi connectivity index (χ2n) is 13.7. The summed E-state index contributed by atoms with van der Waals surface area (Å²) >= 11 is 1.48. The van der Waals surface area contributed by atoms with E-state index in [2.05, 4.69) is 15.6 Å². The van der Waals surface area contributed by atoms with Crippen molar-refractivity contribution >= 4 is 51.6 Å². The van der Waals surface area contributed by atoms with E-state index in [-0.39, 0.29) is 24.0 Å². The maximum atomic E-state index is 13.4. The molecule has 3 heterocycles. The fourth-order valence-electron chi connectivity index (χ4n) is 6.67. The van der Waals surface area contributed by atoms with Crippen LogP contribution < -0.4 is 25.8 Å². The molecular weight excluding hydrogens is 713 g/mol. The highest BCUT2D eigenvalue weighted by molar-refractivity contribution is 7.14. The quantitative estimate of drug-likeness (QED) is 0.0653. The van der Waals surface area contributed by atoms with Gasteiger partial charge in [0.2, 0.25) is 5.91 Å². The van der Waals surface area contributed by atoms with Crippen LogP contribution in [0.4, 0.5) is 9.93 Å². The van der Waals surface area contributed by atoms with E-state index >= 15 is 0 Å². The van der Waals surface area contributed by atoms with Gasteiger partial charge in [-0.2, -0.15) is 0 Å². The molecule has 0 spiro atoms. The van der Waals surface area contributed by atoms with E-state index in [0.717, 1.165) is 80.3 Å². The standard InChI is InChI=1S/C33H43N5O6S.C6H11NO2/c1-21(12-10-8-6-5-7-9-11-15-39)30(32(41)42)37-31(40)28-17-23(19-38(28)3)44-29-18-26(27-20-45-33(34-2)36-27)35-25-16-22(43-4)13-14-24(25)29;7-6(8)9-5-3-1-2-4-5/h10,12-16,18,20-21,23,28,30H,5-9,11,17,19H2,1-4H3,(H,34,36)(H,37,40)(H,41,42);5H,1-4H2,(H2,7,8)/b12-10-;/t21?,23-,28?,30?;/m1./s1. The van der Waals surface area contributed by atoms with Gasteiger partial charge in [-0.15, -0.1) is 11.3 Å². The number of ether oxygens (including phenoxy) is 3.